The van der Waals surface area contributed by atoms with E-state index in [1.807, 2.05) is 13.8 Å². The van der Waals surface area contributed by atoms with Crippen molar-refractivity contribution in [3.63, 3.8) is 0 Å². The van der Waals surface area contributed by atoms with Crippen molar-refractivity contribution in [2.45, 2.75) is 193 Å². The lowest BCUT2D eigenvalue weighted by Crippen LogP contribution is -2.26. The average Bonchev–Trinajstić information content (AvgIpc) is 1.77. The summed E-state index contributed by atoms with van der Waals surface area (Å²) in [6.07, 6.45) is 27.4. The predicted octanol–water partition coefficient (Wildman–Crippen LogP) is 21.8. The molecule has 0 fully saturated rings. The number of hydrogen-bond donors (Lipinski definition) is 0. The van der Waals surface area contributed by atoms with Gasteiger partial charge in [-0.05, 0) is 179 Å². The number of fused-ring (bicyclic) bond motifs is 6. The number of hydrogen-bond acceptors (Lipinski definition) is 10. The van der Waals surface area contributed by atoms with Gasteiger partial charge in [-0.2, -0.15) is 0 Å². The van der Waals surface area contributed by atoms with Crippen LogP contribution in [-0.4, -0.2) is 58.6 Å². The van der Waals surface area contributed by atoms with E-state index >= 15 is 0 Å². The Hall–Kier alpha value is -5.26. The normalized spacial score (nSPS) is 13.1. The zero-order valence-corrected chi connectivity index (χ0v) is 55.3. The Morgan fingerprint density at radius 1 is 0.349 bits per heavy atom. The van der Waals surface area contributed by atoms with Crippen molar-refractivity contribution >= 4 is 68.7 Å². The van der Waals surface area contributed by atoms with Crippen molar-refractivity contribution in [1.82, 2.24) is 0 Å². The van der Waals surface area contributed by atoms with Gasteiger partial charge in [0, 0.05) is 10.8 Å². The van der Waals surface area contributed by atoms with Crippen LogP contribution in [-0.2, 0) is 39.4 Å². The Bertz CT molecular complexity index is 3050. The first-order valence-electron chi connectivity index (χ1n) is 32.7. The number of benzene rings is 6. The number of carbonyl (C=O) groups excluding carboxylic acids is 2. The number of carbonyl (C=O) groups is 2. The first-order chi connectivity index (χ1) is 42.1. The lowest BCUT2D eigenvalue weighted by Gasteiger charge is -2.34. The van der Waals surface area contributed by atoms with Gasteiger partial charge in [0.1, 0.15) is 0 Å². The molecule has 458 valence electrons. The lowest BCUT2D eigenvalue weighted by molar-refractivity contribution is -0.141. The second kappa shape index (κ2) is 35.1. The van der Waals surface area contributed by atoms with Gasteiger partial charge in [0.25, 0.3) is 0 Å². The Morgan fingerprint density at radius 2 is 0.640 bits per heavy atom. The average molecular weight is 1230 g/mol. The van der Waals surface area contributed by atoms with E-state index in [-0.39, 0.29) is 34.3 Å². The first-order valence-corrected chi connectivity index (χ1v) is 35.5. The summed E-state index contributed by atoms with van der Waals surface area (Å²) in [5.74, 6) is -0.192. The Labute approximate surface area is 535 Å². The quantitative estimate of drug-likeness (QED) is 0.0214. The molecular weight excluding hydrogens is 1140 g/mol. The van der Waals surface area contributed by atoms with Crippen molar-refractivity contribution in [1.29, 1.82) is 0 Å². The van der Waals surface area contributed by atoms with Crippen molar-refractivity contribution in [3.8, 4) is 55.6 Å². The predicted molar refractivity (Wildman–Crippen MR) is 373 cm³/mol. The second-order valence-corrected chi connectivity index (χ2v) is 26.8. The molecule has 0 atom stereocenters. The molecule has 2 aliphatic carbocycles. The van der Waals surface area contributed by atoms with Crippen LogP contribution in [0.2, 0.25) is 0 Å². The van der Waals surface area contributed by atoms with E-state index in [2.05, 4.69) is 147 Å². The maximum atomic E-state index is 12.6. The molecule has 0 aromatic heterocycles. The van der Waals surface area contributed by atoms with E-state index in [1.165, 1.54) is 178 Å². The van der Waals surface area contributed by atoms with Gasteiger partial charge in [-0.15, -0.1) is 0 Å². The van der Waals surface area contributed by atoms with E-state index in [0.29, 0.717) is 35.2 Å². The molecular formula is C76H94O6S4. The van der Waals surface area contributed by atoms with Gasteiger partial charge in [0.05, 0.1) is 37.9 Å². The molecule has 0 radical (unpaired) electrons. The largest absolute Gasteiger partial charge is 0.479 e. The Balaban J connectivity index is 1.13. The molecule has 86 heavy (non-hydrogen) atoms. The van der Waals surface area contributed by atoms with Gasteiger partial charge in [-0.3, -0.25) is 9.59 Å². The molecule has 0 N–H and O–H groups in total. The number of esters is 2. The molecule has 0 spiro atoms. The standard InChI is InChI=1S/C76H94O6S4/c1-5-9-11-13-15-27-45-75(46-28-16-14-12-10-6-2)67-51-59(57-33-23-21-24-34-57)37-41-63(67)65-43-39-61(53-69(65)75)62-40-44-66-64-42-38-60(58-35-25-22-26-36-58)52-68(64)76(70(66)54-62,47-29-17-19-31-49-81-71(77)55-85-73(83)79-7-3)48-30-18-20-32-50-82-72(78)56-86-74(84)80-8-4/h21-26,33-44,51-54H,5-20,27-32,45-50,55-56H2,1-4H3. The lowest BCUT2D eigenvalue weighted by atomic mass is 9.69. The summed E-state index contributed by atoms with van der Waals surface area (Å²) in [4.78, 5) is 25.2. The van der Waals surface area contributed by atoms with Crippen molar-refractivity contribution in [2.24, 2.45) is 0 Å². The van der Waals surface area contributed by atoms with E-state index in [4.69, 9.17) is 43.4 Å². The molecule has 0 saturated heterocycles. The molecule has 6 aromatic carbocycles. The minimum absolute atomic E-state index is 0.0752. The maximum absolute atomic E-state index is 12.6. The summed E-state index contributed by atoms with van der Waals surface area (Å²) >= 11 is 12.9. The third-order valence-electron chi connectivity index (χ3n) is 17.8. The second-order valence-electron chi connectivity index (χ2n) is 23.7. The number of thioether (sulfide) groups is 2. The molecule has 10 heteroatoms. The molecule has 0 heterocycles. The molecule has 0 amide bonds. The molecule has 0 unspecified atom stereocenters. The van der Waals surface area contributed by atoms with E-state index in [0.717, 1.165) is 77.0 Å². The van der Waals surface area contributed by atoms with Crippen LogP contribution in [0, 0.1) is 0 Å². The molecule has 0 saturated carbocycles. The third-order valence-corrected chi connectivity index (χ3v) is 20.3. The van der Waals surface area contributed by atoms with Crippen LogP contribution in [0.3, 0.4) is 0 Å². The maximum Gasteiger partial charge on any atom is 0.316 e. The molecule has 2 aliphatic rings. The summed E-state index contributed by atoms with van der Waals surface area (Å²) in [5, 5.41) is 0. The van der Waals surface area contributed by atoms with Gasteiger partial charge in [-0.25, -0.2) is 0 Å². The van der Waals surface area contributed by atoms with Gasteiger partial charge in [0.2, 0.25) is 8.77 Å². The number of unbranched alkanes of at least 4 members (excludes halogenated alkanes) is 16. The molecule has 0 bridgehead atoms. The van der Waals surface area contributed by atoms with Crippen LogP contribution in [0.5, 0.6) is 0 Å². The smallest absolute Gasteiger partial charge is 0.316 e. The fourth-order valence-corrected chi connectivity index (χ4v) is 15.1. The van der Waals surface area contributed by atoms with Gasteiger partial charge in [0.15, 0.2) is 0 Å². The summed E-state index contributed by atoms with van der Waals surface area (Å²) in [6, 6.07) is 51.5. The van der Waals surface area contributed by atoms with E-state index in [9.17, 15) is 9.59 Å². The SMILES string of the molecule is CCCCCCCCC1(CCCCCCCC)c2cc(-c3ccccc3)ccc2-c2ccc(-c3ccc4c(c3)C(CCCCCCOC(=O)CSC(=S)OCC)(CCCCCCOC(=O)CSC(=S)OCC)c3cc(-c5ccccc5)ccc3-4)cc21. The monoisotopic (exact) mass is 1230 g/mol. The van der Waals surface area contributed by atoms with Gasteiger partial charge < -0.3 is 18.9 Å². The fourth-order valence-electron chi connectivity index (χ4n) is 13.5. The Morgan fingerprint density at radius 3 is 0.953 bits per heavy atom. The van der Waals surface area contributed by atoms with E-state index in [1.54, 1.807) is 0 Å². The molecule has 0 aliphatic heterocycles. The topological polar surface area (TPSA) is 71.1 Å². The summed E-state index contributed by atoms with van der Waals surface area (Å²) in [5.41, 5.74) is 18.7. The highest BCUT2D eigenvalue weighted by Crippen LogP contribution is 2.58. The van der Waals surface area contributed by atoms with Gasteiger partial charge in [-0.1, -0.05) is 262 Å². The van der Waals surface area contributed by atoms with Crippen LogP contribution >= 0.6 is 48.0 Å². The molecule has 8 rings (SSSR count). The molecule has 6 nitrogen and oxygen atoms in total. The summed E-state index contributed by atoms with van der Waals surface area (Å²) in [7, 11) is 0. The van der Waals surface area contributed by atoms with Crippen LogP contribution in [0.15, 0.2) is 133 Å². The van der Waals surface area contributed by atoms with Crippen molar-refractivity contribution < 1.29 is 28.5 Å². The third kappa shape index (κ3) is 18.0. The fraction of sp³-hybridized carbons (Fsp3) is 0.474. The first kappa shape index (κ1) is 66.7. The van der Waals surface area contributed by atoms with E-state index < -0.39 is 0 Å². The zero-order chi connectivity index (χ0) is 60.4. The minimum atomic E-state index is -0.258. The van der Waals surface area contributed by atoms with Crippen molar-refractivity contribution in [3.05, 3.63) is 156 Å². The highest BCUT2D eigenvalue weighted by atomic mass is 32.2. The molecule has 6 aromatic rings. The number of thiocarbonyl (C=S) groups is 2. The van der Waals surface area contributed by atoms with Crippen molar-refractivity contribution in [2.75, 3.05) is 37.9 Å². The zero-order valence-electron chi connectivity index (χ0n) is 52.0. The highest BCUT2D eigenvalue weighted by molar-refractivity contribution is 8.23. The summed E-state index contributed by atoms with van der Waals surface area (Å²) < 4.78 is 22.8. The van der Waals surface area contributed by atoms with Crippen LogP contribution in [0.25, 0.3) is 55.6 Å². The number of rotatable bonds is 37. The minimum Gasteiger partial charge on any atom is -0.479 e. The van der Waals surface area contributed by atoms with Crippen LogP contribution < -0.4 is 0 Å². The highest BCUT2D eigenvalue weighted by Gasteiger charge is 2.45. The summed E-state index contributed by atoms with van der Waals surface area (Å²) in [6.45, 7) is 10.2. The van der Waals surface area contributed by atoms with Crippen LogP contribution in [0.4, 0.5) is 0 Å². The van der Waals surface area contributed by atoms with Gasteiger partial charge >= 0.3 is 11.9 Å². The Kier molecular flexibility index (Phi) is 27.2. The van der Waals surface area contributed by atoms with Crippen LogP contribution in [0.1, 0.15) is 204 Å². The number of ether oxygens (including phenoxy) is 4.